The summed E-state index contributed by atoms with van der Waals surface area (Å²) in [6.45, 7) is 1.31. The molecule has 1 saturated heterocycles. The fourth-order valence-corrected chi connectivity index (χ4v) is 5.36. The van der Waals surface area contributed by atoms with E-state index in [9.17, 15) is 0 Å². The highest BCUT2D eigenvalue weighted by atomic mass is 16.6. The molecule has 3 heterocycles. The minimum Gasteiger partial charge on any atom is -0.382 e. The number of hydrogen-bond donors (Lipinski definition) is 1. The van der Waals surface area contributed by atoms with Crippen LogP contribution < -0.4 is 5.73 Å². The number of hydrogen-bond acceptors (Lipinski definition) is 7. The van der Waals surface area contributed by atoms with Crippen molar-refractivity contribution in [1.82, 2.24) is 14.6 Å². The molecule has 3 aromatic carbocycles. The summed E-state index contributed by atoms with van der Waals surface area (Å²) in [5, 5.41) is 4.46. The molecule has 0 spiro atoms. The zero-order chi connectivity index (χ0) is 28.8. The van der Waals surface area contributed by atoms with Gasteiger partial charge in [0.15, 0.2) is 11.4 Å². The Hall–Kier alpha value is -4.52. The summed E-state index contributed by atoms with van der Waals surface area (Å²) in [7, 11) is 0. The van der Waals surface area contributed by atoms with Crippen molar-refractivity contribution in [2.75, 3.05) is 12.3 Å². The van der Waals surface area contributed by atoms with E-state index in [1.807, 2.05) is 103 Å². The monoisotopic (exact) mass is 560 g/mol. The summed E-state index contributed by atoms with van der Waals surface area (Å²) in [6.07, 6.45) is 5.95. The van der Waals surface area contributed by atoms with Crippen LogP contribution in [0.3, 0.4) is 0 Å². The van der Waals surface area contributed by atoms with Crippen molar-refractivity contribution in [2.45, 2.75) is 43.7 Å². The van der Waals surface area contributed by atoms with Gasteiger partial charge in [-0.05, 0) is 28.8 Å². The summed E-state index contributed by atoms with van der Waals surface area (Å²) < 4.78 is 27.9. The SMILES string of the molecule is C#CC1(c2ccc3c(N)ncnn23)O[C@H](COCc2ccccc2)[C@@H](OCc2ccccc2)[C@H]1OCc1ccccc1. The number of ether oxygens (including phenoxy) is 4. The highest BCUT2D eigenvalue weighted by molar-refractivity contribution is 5.66. The molecule has 2 N–H and O–H groups in total. The Balaban J connectivity index is 1.37. The molecule has 8 nitrogen and oxygen atoms in total. The van der Waals surface area contributed by atoms with Crippen LogP contribution >= 0.6 is 0 Å². The van der Waals surface area contributed by atoms with E-state index in [0.717, 1.165) is 16.7 Å². The van der Waals surface area contributed by atoms with Crippen molar-refractivity contribution in [3.63, 3.8) is 0 Å². The van der Waals surface area contributed by atoms with Crippen molar-refractivity contribution >= 4 is 11.3 Å². The maximum atomic E-state index is 6.80. The Morgan fingerprint density at radius 2 is 1.40 bits per heavy atom. The lowest BCUT2D eigenvalue weighted by atomic mass is 9.91. The molecule has 0 radical (unpaired) electrons. The number of anilines is 1. The average molecular weight is 561 g/mol. The zero-order valence-electron chi connectivity index (χ0n) is 23.1. The van der Waals surface area contributed by atoms with Crippen LogP contribution in [0.2, 0.25) is 0 Å². The molecular formula is C34H32N4O4. The Kier molecular flexibility index (Phi) is 8.26. The number of benzene rings is 3. The maximum Gasteiger partial charge on any atom is 0.199 e. The van der Waals surface area contributed by atoms with Crippen LogP contribution in [0.5, 0.6) is 0 Å². The molecule has 1 aliphatic heterocycles. The molecule has 0 bridgehead atoms. The lowest BCUT2D eigenvalue weighted by molar-refractivity contribution is -0.0963. The van der Waals surface area contributed by atoms with Gasteiger partial charge in [-0.15, -0.1) is 6.42 Å². The van der Waals surface area contributed by atoms with Gasteiger partial charge >= 0.3 is 0 Å². The number of nitrogen functional groups attached to an aromatic ring is 1. The van der Waals surface area contributed by atoms with Crippen molar-refractivity contribution in [1.29, 1.82) is 0 Å². The summed E-state index contributed by atoms with van der Waals surface area (Å²) in [5.74, 6) is 3.28. The molecule has 8 heteroatoms. The van der Waals surface area contributed by atoms with Crippen LogP contribution in [-0.4, -0.2) is 39.5 Å². The number of nitrogens with zero attached hydrogens (tertiary/aromatic N) is 3. The summed E-state index contributed by atoms with van der Waals surface area (Å²) in [4.78, 5) is 4.13. The number of fused-ring (bicyclic) bond motifs is 1. The van der Waals surface area contributed by atoms with E-state index in [0.29, 0.717) is 36.8 Å². The molecule has 0 saturated carbocycles. The Morgan fingerprint density at radius 3 is 2.02 bits per heavy atom. The van der Waals surface area contributed by atoms with E-state index >= 15 is 0 Å². The van der Waals surface area contributed by atoms with Crippen LogP contribution in [-0.2, 0) is 44.4 Å². The number of nitrogens with two attached hydrogens (primary N) is 1. The molecule has 0 amide bonds. The van der Waals surface area contributed by atoms with E-state index < -0.39 is 23.9 Å². The third-order valence-corrected chi connectivity index (χ3v) is 7.43. The normalized spacial score (nSPS) is 21.8. The van der Waals surface area contributed by atoms with Gasteiger partial charge < -0.3 is 24.7 Å². The quantitative estimate of drug-likeness (QED) is 0.229. The summed E-state index contributed by atoms with van der Waals surface area (Å²) in [6, 6.07) is 33.6. The van der Waals surface area contributed by atoms with Gasteiger partial charge in [0.2, 0.25) is 0 Å². The van der Waals surface area contributed by atoms with Gasteiger partial charge in [-0.1, -0.05) is 96.9 Å². The lowest BCUT2D eigenvalue weighted by Crippen LogP contribution is -2.44. The van der Waals surface area contributed by atoms with E-state index in [1.54, 1.807) is 4.52 Å². The molecule has 1 aliphatic rings. The lowest BCUT2D eigenvalue weighted by Gasteiger charge is -2.31. The minimum absolute atomic E-state index is 0.239. The first kappa shape index (κ1) is 27.6. The smallest absolute Gasteiger partial charge is 0.199 e. The van der Waals surface area contributed by atoms with Gasteiger partial charge in [0.25, 0.3) is 0 Å². The molecule has 2 aromatic heterocycles. The van der Waals surface area contributed by atoms with Crippen LogP contribution in [0.1, 0.15) is 22.4 Å². The highest BCUT2D eigenvalue weighted by Gasteiger charge is 2.58. The zero-order valence-corrected chi connectivity index (χ0v) is 23.1. The second-order valence-electron chi connectivity index (χ2n) is 10.2. The first-order valence-corrected chi connectivity index (χ1v) is 13.8. The topological polar surface area (TPSA) is 93.1 Å². The van der Waals surface area contributed by atoms with E-state index in [2.05, 4.69) is 16.0 Å². The Morgan fingerprint density at radius 1 is 0.810 bits per heavy atom. The second-order valence-corrected chi connectivity index (χ2v) is 10.2. The van der Waals surface area contributed by atoms with Gasteiger partial charge in [-0.2, -0.15) is 5.10 Å². The van der Waals surface area contributed by atoms with Gasteiger partial charge in [-0.3, -0.25) is 0 Å². The van der Waals surface area contributed by atoms with Crippen molar-refractivity contribution in [3.05, 3.63) is 132 Å². The maximum absolute atomic E-state index is 6.80. The Bertz CT molecular complexity index is 1640. The molecular weight excluding hydrogens is 528 g/mol. The largest absolute Gasteiger partial charge is 0.382 e. The fourth-order valence-electron chi connectivity index (χ4n) is 5.36. The van der Waals surface area contributed by atoms with E-state index in [4.69, 9.17) is 31.1 Å². The third kappa shape index (κ3) is 5.64. The van der Waals surface area contributed by atoms with Crippen LogP contribution in [0, 0.1) is 12.3 Å². The average Bonchev–Trinajstić information content (AvgIpc) is 3.61. The molecule has 1 fully saturated rings. The summed E-state index contributed by atoms with van der Waals surface area (Å²) in [5.41, 5.74) is 9.12. The van der Waals surface area contributed by atoms with Gasteiger partial charge in [0, 0.05) is 0 Å². The molecule has 1 unspecified atom stereocenters. The second kappa shape index (κ2) is 12.6. The van der Waals surface area contributed by atoms with Crippen LogP contribution in [0.4, 0.5) is 5.82 Å². The predicted molar refractivity (Wildman–Crippen MR) is 159 cm³/mol. The standard InChI is InChI=1S/C34H32N4O4/c1-2-34(30-19-18-28-33(35)36-24-37-38(28)30)32(41-22-27-16-10-5-11-17-27)31(40-21-26-14-8-4-9-15-26)29(42-34)23-39-20-25-12-6-3-7-13-25/h1,3-19,24,29,31-32H,20-23H2,(H2,35,36,37)/t29-,31-,32-,34?/m1/s1. The van der Waals surface area contributed by atoms with Gasteiger partial charge in [-0.25, -0.2) is 9.50 Å². The van der Waals surface area contributed by atoms with E-state index in [1.165, 1.54) is 6.33 Å². The molecule has 5 aromatic rings. The fraction of sp³-hybridized carbons (Fsp3) is 0.235. The molecule has 212 valence electrons. The molecule has 4 atom stereocenters. The highest BCUT2D eigenvalue weighted by Crippen LogP contribution is 2.44. The summed E-state index contributed by atoms with van der Waals surface area (Å²) >= 11 is 0. The number of aromatic nitrogens is 3. The van der Waals surface area contributed by atoms with E-state index in [-0.39, 0.29) is 6.61 Å². The molecule has 0 aliphatic carbocycles. The third-order valence-electron chi connectivity index (χ3n) is 7.43. The van der Waals surface area contributed by atoms with Crippen molar-refractivity contribution in [3.8, 4) is 12.3 Å². The van der Waals surface area contributed by atoms with Crippen molar-refractivity contribution in [2.24, 2.45) is 0 Å². The van der Waals surface area contributed by atoms with Crippen LogP contribution in [0.25, 0.3) is 5.52 Å². The Labute approximate surface area is 245 Å². The van der Waals surface area contributed by atoms with Crippen LogP contribution in [0.15, 0.2) is 109 Å². The number of terminal acetylenes is 1. The van der Waals surface area contributed by atoms with Gasteiger partial charge in [0.05, 0.1) is 32.1 Å². The van der Waals surface area contributed by atoms with Gasteiger partial charge in [0.1, 0.15) is 30.2 Å². The first-order chi connectivity index (χ1) is 20.7. The molecule has 42 heavy (non-hydrogen) atoms. The minimum atomic E-state index is -1.36. The number of rotatable bonds is 11. The molecule has 6 rings (SSSR count). The first-order valence-electron chi connectivity index (χ1n) is 13.8. The predicted octanol–water partition coefficient (Wildman–Crippen LogP) is 4.93. The van der Waals surface area contributed by atoms with Crippen molar-refractivity contribution < 1.29 is 18.9 Å².